The van der Waals surface area contributed by atoms with E-state index in [-0.39, 0.29) is 25.9 Å². The lowest BCUT2D eigenvalue weighted by atomic mass is 10.1. The van der Waals surface area contributed by atoms with Crippen LogP contribution in [0.25, 0.3) is 0 Å². The Morgan fingerprint density at radius 3 is 2.21 bits per heavy atom. The Labute approximate surface area is 80.3 Å². The Morgan fingerprint density at radius 1 is 1.29 bits per heavy atom. The molecule has 0 aromatic heterocycles. The highest BCUT2D eigenvalue weighted by molar-refractivity contribution is 6.34. The molecule has 0 atom stereocenters. The van der Waals surface area contributed by atoms with Crippen molar-refractivity contribution < 1.29 is 18.4 Å². The number of likely N-dealkylation sites (tertiary alicyclic amines) is 1. The summed E-state index contributed by atoms with van der Waals surface area (Å²) in [6.07, 6.45) is -0.731. The van der Waals surface area contributed by atoms with Crippen LogP contribution in [0.1, 0.15) is 12.8 Å². The van der Waals surface area contributed by atoms with Crippen molar-refractivity contribution in [2.45, 2.75) is 18.8 Å². The summed E-state index contributed by atoms with van der Waals surface area (Å²) in [7, 11) is 1.33. The fraction of sp³-hybridized carbons (Fsp3) is 0.750. The molecule has 0 unspecified atom stereocenters. The summed E-state index contributed by atoms with van der Waals surface area (Å²) in [5, 5.41) is 2.17. The standard InChI is InChI=1S/C8H12F2N2O2/c1-11-6(13)7(14)12-4-2-8(9,10)3-5-12/h2-5H2,1H3,(H,11,13). The second-order valence-electron chi connectivity index (χ2n) is 3.23. The van der Waals surface area contributed by atoms with Crippen molar-refractivity contribution in [3.8, 4) is 0 Å². The molecular formula is C8H12F2N2O2. The number of hydrogen-bond donors (Lipinski definition) is 1. The number of alkyl halides is 2. The van der Waals surface area contributed by atoms with Gasteiger partial charge in [0.1, 0.15) is 0 Å². The molecule has 14 heavy (non-hydrogen) atoms. The second-order valence-corrected chi connectivity index (χ2v) is 3.23. The van der Waals surface area contributed by atoms with Crippen molar-refractivity contribution in [2.75, 3.05) is 20.1 Å². The first kappa shape index (κ1) is 10.9. The predicted octanol–water partition coefficient (Wildman–Crippen LogP) is -0.00990. The zero-order valence-corrected chi connectivity index (χ0v) is 7.85. The van der Waals surface area contributed by atoms with Crippen LogP contribution >= 0.6 is 0 Å². The molecule has 1 rings (SSSR count). The van der Waals surface area contributed by atoms with Gasteiger partial charge in [-0.3, -0.25) is 9.59 Å². The van der Waals surface area contributed by atoms with Crippen molar-refractivity contribution in [2.24, 2.45) is 0 Å². The van der Waals surface area contributed by atoms with Crippen molar-refractivity contribution in [1.82, 2.24) is 10.2 Å². The summed E-state index contributed by atoms with van der Waals surface area (Å²) in [4.78, 5) is 23.2. The van der Waals surface area contributed by atoms with Gasteiger partial charge in [-0.2, -0.15) is 0 Å². The molecule has 1 fully saturated rings. The monoisotopic (exact) mass is 206 g/mol. The van der Waals surface area contributed by atoms with Gasteiger partial charge in [0.15, 0.2) is 0 Å². The summed E-state index contributed by atoms with van der Waals surface area (Å²) >= 11 is 0. The smallest absolute Gasteiger partial charge is 0.311 e. The summed E-state index contributed by atoms with van der Waals surface area (Å²) in [6.45, 7) is -0.113. The van der Waals surface area contributed by atoms with E-state index >= 15 is 0 Å². The highest BCUT2D eigenvalue weighted by Crippen LogP contribution is 2.27. The van der Waals surface area contributed by atoms with Crippen LogP contribution in [0.2, 0.25) is 0 Å². The van der Waals surface area contributed by atoms with Gasteiger partial charge in [0, 0.05) is 33.0 Å². The van der Waals surface area contributed by atoms with Crippen molar-refractivity contribution in [3.05, 3.63) is 0 Å². The third-order valence-electron chi connectivity index (χ3n) is 2.20. The number of nitrogens with one attached hydrogen (secondary N) is 1. The van der Waals surface area contributed by atoms with Crippen LogP contribution in [-0.2, 0) is 9.59 Å². The van der Waals surface area contributed by atoms with E-state index in [0.29, 0.717) is 0 Å². The zero-order chi connectivity index (χ0) is 10.8. The normalized spacial score (nSPS) is 20.4. The lowest BCUT2D eigenvalue weighted by molar-refractivity contribution is -0.149. The molecule has 0 aliphatic carbocycles. The first-order valence-electron chi connectivity index (χ1n) is 4.35. The van der Waals surface area contributed by atoms with Gasteiger partial charge < -0.3 is 10.2 Å². The summed E-state index contributed by atoms with van der Waals surface area (Å²) in [5.74, 6) is -4.18. The minimum Gasteiger partial charge on any atom is -0.351 e. The zero-order valence-electron chi connectivity index (χ0n) is 7.85. The van der Waals surface area contributed by atoms with Crippen LogP contribution in [0.15, 0.2) is 0 Å². The third-order valence-corrected chi connectivity index (χ3v) is 2.20. The summed E-state index contributed by atoms with van der Waals surface area (Å²) < 4.78 is 25.4. The molecule has 0 saturated carbocycles. The van der Waals surface area contributed by atoms with E-state index in [4.69, 9.17) is 0 Å². The molecule has 0 spiro atoms. The molecule has 0 bridgehead atoms. The maximum atomic E-state index is 12.7. The number of likely N-dealkylation sites (N-methyl/N-ethyl adjacent to an activating group) is 1. The Bertz CT molecular complexity index is 246. The Hall–Kier alpha value is -1.20. The maximum absolute atomic E-state index is 12.7. The predicted molar refractivity (Wildman–Crippen MR) is 44.8 cm³/mol. The quantitative estimate of drug-likeness (QED) is 0.567. The van der Waals surface area contributed by atoms with Crippen LogP contribution in [0.5, 0.6) is 0 Å². The SMILES string of the molecule is CNC(=O)C(=O)N1CCC(F)(F)CC1. The van der Waals surface area contributed by atoms with Gasteiger partial charge in [-0.05, 0) is 0 Å². The molecule has 1 heterocycles. The van der Waals surface area contributed by atoms with Crippen LogP contribution in [0, 0.1) is 0 Å². The average Bonchev–Trinajstić information content (AvgIpc) is 2.15. The average molecular weight is 206 g/mol. The number of rotatable bonds is 0. The molecule has 1 aliphatic heterocycles. The number of piperidine rings is 1. The van der Waals surface area contributed by atoms with E-state index in [1.54, 1.807) is 0 Å². The third kappa shape index (κ3) is 2.40. The molecule has 1 N–H and O–H groups in total. The lowest BCUT2D eigenvalue weighted by Gasteiger charge is -2.30. The first-order chi connectivity index (χ1) is 6.46. The van der Waals surface area contributed by atoms with E-state index < -0.39 is 17.7 Å². The van der Waals surface area contributed by atoms with Crippen molar-refractivity contribution in [1.29, 1.82) is 0 Å². The van der Waals surface area contributed by atoms with Crippen LogP contribution < -0.4 is 5.32 Å². The van der Waals surface area contributed by atoms with Gasteiger partial charge in [0.05, 0.1) is 0 Å². The second kappa shape index (κ2) is 3.89. The lowest BCUT2D eigenvalue weighted by Crippen LogP contribution is -2.48. The van der Waals surface area contributed by atoms with Gasteiger partial charge in [-0.25, -0.2) is 8.78 Å². The van der Waals surface area contributed by atoms with Gasteiger partial charge in [-0.1, -0.05) is 0 Å². The molecule has 6 heteroatoms. The number of nitrogens with zero attached hydrogens (tertiary/aromatic N) is 1. The maximum Gasteiger partial charge on any atom is 0.311 e. The van der Waals surface area contributed by atoms with Crippen LogP contribution in [-0.4, -0.2) is 42.8 Å². The molecule has 0 aromatic rings. The number of carbonyl (C=O) groups excluding carboxylic acids is 2. The Kier molecular flexibility index (Phi) is 3.03. The van der Waals surface area contributed by atoms with Gasteiger partial charge in [0.2, 0.25) is 0 Å². The largest absolute Gasteiger partial charge is 0.351 e. The Balaban J connectivity index is 2.50. The molecular weight excluding hydrogens is 194 g/mol. The van der Waals surface area contributed by atoms with E-state index in [2.05, 4.69) is 5.32 Å². The highest BCUT2D eigenvalue weighted by Gasteiger charge is 2.36. The van der Waals surface area contributed by atoms with E-state index in [0.717, 1.165) is 4.90 Å². The Morgan fingerprint density at radius 2 is 1.79 bits per heavy atom. The molecule has 0 radical (unpaired) electrons. The van der Waals surface area contributed by atoms with Crippen LogP contribution in [0.4, 0.5) is 8.78 Å². The number of halogens is 2. The first-order valence-corrected chi connectivity index (χ1v) is 4.35. The molecule has 1 aliphatic rings. The molecule has 4 nitrogen and oxygen atoms in total. The fourth-order valence-corrected chi connectivity index (χ4v) is 1.29. The van der Waals surface area contributed by atoms with Gasteiger partial charge in [0.25, 0.3) is 5.92 Å². The van der Waals surface area contributed by atoms with E-state index in [1.165, 1.54) is 7.05 Å². The van der Waals surface area contributed by atoms with Crippen LogP contribution in [0.3, 0.4) is 0 Å². The minimum absolute atomic E-state index is 0.0563. The van der Waals surface area contributed by atoms with E-state index in [9.17, 15) is 18.4 Å². The number of amides is 2. The van der Waals surface area contributed by atoms with Crippen molar-refractivity contribution in [3.63, 3.8) is 0 Å². The molecule has 2 amide bonds. The van der Waals surface area contributed by atoms with E-state index in [1.807, 2.05) is 0 Å². The minimum atomic E-state index is -2.69. The molecule has 1 saturated heterocycles. The van der Waals surface area contributed by atoms with Gasteiger partial charge >= 0.3 is 11.8 Å². The number of hydrogen-bond acceptors (Lipinski definition) is 2. The topological polar surface area (TPSA) is 49.4 Å². The fourth-order valence-electron chi connectivity index (χ4n) is 1.29. The number of carbonyl (C=O) groups is 2. The van der Waals surface area contributed by atoms with Crippen molar-refractivity contribution >= 4 is 11.8 Å². The molecule has 80 valence electrons. The highest BCUT2D eigenvalue weighted by atomic mass is 19.3. The summed E-state index contributed by atoms with van der Waals surface area (Å²) in [6, 6.07) is 0. The summed E-state index contributed by atoms with van der Waals surface area (Å²) in [5.41, 5.74) is 0. The molecule has 0 aromatic carbocycles. The van der Waals surface area contributed by atoms with Gasteiger partial charge in [-0.15, -0.1) is 0 Å².